The summed E-state index contributed by atoms with van der Waals surface area (Å²) in [4.78, 5) is 78.4. The number of hydrogen-bond donors (Lipinski definition) is 6. The molecule has 0 aliphatic heterocycles. The Balaban J connectivity index is 0.000000199. The zero-order chi connectivity index (χ0) is 79.8. The normalized spacial score (nSPS) is 21.5. The minimum Gasteiger partial charge on any atom is -0.497 e. The van der Waals surface area contributed by atoms with Gasteiger partial charge in [-0.05, 0) is 106 Å². The van der Waals surface area contributed by atoms with Gasteiger partial charge in [-0.3, -0.25) is 19.2 Å². The van der Waals surface area contributed by atoms with Crippen LogP contribution in [0.25, 0.3) is 44.3 Å². The van der Waals surface area contributed by atoms with Gasteiger partial charge in [-0.2, -0.15) is 0 Å². The van der Waals surface area contributed by atoms with E-state index in [1.807, 2.05) is 170 Å². The molecule has 4 fully saturated rings. The fourth-order valence-corrected chi connectivity index (χ4v) is 16.4. The summed E-state index contributed by atoms with van der Waals surface area (Å²) < 4.78 is 99.7. The lowest BCUT2D eigenvalue weighted by molar-refractivity contribution is -0.132. The molecule has 24 nitrogen and oxygen atoms in total. The molecule has 8 aromatic carbocycles. The number of carbonyl (C=O) groups is 5. The van der Waals surface area contributed by atoms with Crippen molar-refractivity contribution in [2.24, 2.45) is 29.4 Å². The highest BCUT2D eigenvalue weighted by Crippen LogP contribution is 2.48. The summed E-state index contributed by atoms with van der Waals surface area (Å²) in [7, 11) is -5.54. The van der Waals surface area contributed by atoms with Crippen molar-refractivity contribution >= 4 is 71.6 Å². The summed E-state index contributed by atoms with van der Waals surface area (Å²) in [6.07, 6.45) is 2.71. The van der Waals surface area contributed by atoms with Crippen LogP contribution in [0, 0.1) is 23.7 Å². The summed E-state index contributed by atoms with van der Waals surface area (Å²) >= 11 is 0. The number of amides is 5. The van der Waals surface area contributed by atoms with Crippen molar-refractivity contribution in [2.75, 3.05) is 14.2 Å². The van der Waals surface area contributed by atoms with Crippen molar-refractivity contribution in [1.82, 2.24) is 35.4 Å². The maximum Gasteiger partial charge on any atom is 0.407 e. The van der Waals surface area contributed by atoms with E-state index in [1.54, 1.807) is 53.2 Å². The second-order valence-electron chi connectivity index (χ2n) is 29.4. The average molecular weight is 1570 g/mol. The highest BCUT2D eigenvalue weighted by molar-refractivity contribution is 7.90. The topological polar surface area (TPSA) is 330 Å². The fraction of sp³-hybridized carbons (Fsp3) is 0.276. The largest absolute Gasteiger partial charge is 0.497 e. The van der Waals surface area contributed by atoms with Crippen LogP contribution < -0.4 is 59.5 Å². The maximum atomic E-state index is 14.4. The van der Waals surface area contributed by atoms with Crippen molar-refractivity contribution < 1.29 is 74.0 Å². The van der Waals surface area contributed by atoms with Crippen LogP contribution in [0.15, 0.2) is 253 Å². The van der Waals surface area contributed by atoms with Crippen LogP contribution in [0.4, 0.5) is 4.79 Å². The second-order valence-corrected chi connectivity index (χ2v) is 32.8. The van der Waals surface area contributed by atoms with E-state index in [0.717, 1.165) is 38.7 Å². The van der Waals surface area contributed by atoms with Crippen molar-refractivity contribution in [1.29, 1.82) is 0 Å². The molecule has 584 valence electrons. The summed E-state index contributed by atoms with van der Waals surface area (Å²) in [6.45, 7) is 13.3. The molecule has 0 unspecified atom stereocenters. The molecule has 0 bridgehead atoms. The first-order chi connectivity index (χ1) is 54.2. The van der Waals surface area contributed by atoms with Crippen molar-refractivity contribution in [3.8, 4) is 57.0 Å². The summed E-state index contributed by atoms with van der Waals surface area (Å²) in [6, 6.07) is 63.4. The van der Waals surface area contributed by atoms with Gasteiger partial charge in [-0.1, -0.05) is 146 Å². The van der Waals surface area contributed by atoms with Crippen LogP contribution in [0.5, 0.6) is 34.5 Å². The van der Waals surface area contributed by atoms with Gasteiger partial charge in [-0.15, -0.1) is 13.2 Å². The SMILES string of the molecule is C=C[C@@H]1C[C@]1(NC(=O)[C@@H]1C[C@H](Oc2cc(-c3ccccc3)nc3cc(OC)ccc23)C[C@@H]1N)C(=O)NS(=O)(=O)c1cccc(OCc2ccccc2)c1.C=C[C@@H]1C[C@]1(NC(=O)[C@@H]1C[C@H](Oc2cc(-c3ccccc3)nc3cc(OC)ccc23)C[C@@H]1NC(=O)OC(C)(C)C)C(=O)NS(=O)(=O)c1cccc(OCc2ccccc2)c1. The van der Waals surface area contributed by atoms with Crippen LogP contribution in [-0.2, 0) is 57.2 Å². The van der Waals surface area contributed by atoms with Crippen LogP contribution in [-0.4, -0.2) is 112 Å². The molecule has 14 rings (SSSR count). The van der Waals surface area contributed by atoms with E-state index in [0.29, 0.717) is 57.6 Å². The van der Waals surface area contributed by atoms with E-state index in [4.69, 9.17) is 48.9 Å². The van der Waals surface area contributed by atoms with Gasteiger partial charge in [0.15, 0.2) is 0 Å². The number of benzene rings is 8. The number of carbonyl (C=O) groups excluding carboxylic acids is 5. The highest BCUT2D eigenvalue weighted by atomic mass is 32.2. The quantitative estimate of drug-likeness (QED) is 0.0261. The molecule has 4 aliphatic carbocycles. The van der Waals surface area contributed by atoms with Gasteiger partial charge in [0.05, 0.1) is 58.3 Å². The molecule has 10 aromatic rings. The highest BCUT2D eigenvalue weighted by Gasteiger charge is 2.63. The van der Waals surface area contributed by atoms with Gasteiger partial charge in [0.25, 0.3) is 31.9 Å². The Morgan fingerprint density at radius 3 is 1.34 bits per heavy atom. The summed E-state index contributed by atoms with van der Waals surface area (Å²) in [5.41, 5.74) is 8.94. The standard InChI is InChI=1S/C46H48N4O9S.C41H40N4O7S/c1-6-31-27-46(31,43(52)50-60(54,55)35-19-13-18-33(22-35)57-28-29-14-9-7-10-15-29)49-42(51)37-23-34(25-40(37)48-44(53)59-45(2,3)4)58-41-26-38(30-16-11-8-12-17-30)47-39-24-32(56-5)20-21-36(39)41;1-3-28-24-41(28,40(47)45-53(48,49)32-16-10-15-30(19-32)51-25-26-11-6-4-7-12-26)44-39(46)34-20-31(21-35(34)42)52-38-23-36(27-13-8-5-9-14-27)43-37-22-29(50-2)17-18-33(37)38/h6-22,24,26,31,34,37,40H,1,23,25,27-28H2,2-5H3,(H,48,53)(H,49,51)(H,50,52);3-19,22-23,28,31,34-35H,1,20-21,24-25,42H2,2H3,(H,44,46)(H,45,47)/t31-,34+,37-,40+,46-;28-,31+,34-,35+,41-/m11/s1. The van der Waals surface area contributed by atoms with Crippen LogP contribution >= 0.6 is 0 Å². The molecule has 2 heterocycles. The van der Waals surface area contributed by atoms with Gasteiger partial charge in [0, 0.05) is 95.1 Å². The number of sulfonamides is 2. The lowest BCUT2D eigenvalue weighted by Gasteiger charge is -2.26. The van der Waals surface area contributed by atoms with Gasteiger partial charge in [-0.25, -0.2) is 41.0 Å². The van der Waals surface area contributed by atoms with E-state index >= 15 is 0 Å². The maximum absolute atomic E-state index is 14.4. The number of rotatable bonds is 27. The number of pyridine rings is 2. The number of aromatic nitrogens is 2. The third-order valence-corrected chi connectivity index (χ3v) is 23.1. The Morgan fingerprint density at radius 2 is 0.920 bits per heavy atom. The Hall–Kier alpha value is -12.1. The molecule has 5 amide bonds. The average Bonchev–Trinajstić information content (AvgIpc) is 1.58. The van der Waals surface area contributed by atoms with E-state index in [9.17, 15) is 40.8 Å². The van der Waals surface area contributed by atoms with Crippen LogP contribution in [0.3, 0.4) is 0 Å². The third-order valence-electron chi connectivity index (χ3n) is 20.4. The zero-order valence-electron chi connectivity index (χ0n) is 62.9. The van der Waals surface area contributed by atoms with Gasteiger partial charge >= 0.3 is 6.09 Å². The number of ether oxygens (including phenoxy) is 7. The third kappa shape index (κ3) is 18.6. The van der Waals surface area contributed by atoms with Crippen molar-refractivity contribution in [3.05, 3.63) is 255 Å². The predicted molar refractivity (Wildman–Crippen MR) is 426 cm³/mol. The lowest BCUT2D eigenvalue weighted by atomic mass is 10.0. The Morgan fingerprint density at radius 1 is 0.504 bits per heavy atom. The van der Waals surface area contributed by atoms with E-state index in [1.165, 1.54) is 42.5 Å². The number of fused-ring (bicyclic) bond motifs is 2. The number of methoxy groups -OCH3 is 2. The molecule has 4 aliphatic rings. The fourth-order valence-electron chi connectivity index (χ4n) is 14.3. The first-order valence-corrected chi connectivity index (χ1v) is 40.0. The number of nitrogens with zero attached hydrogens (tertiary/aromatic N) is 2. The molecule has 0 saturated heterocycles. The van der Waals surface area contributed by atoms with Gasteiger partial charge < -0.3 is 54.8 Å². The predicted octanol–water partition coefficient (Wildman–Crippen LogP) is 12.6. The monoisotopic (exact) mass is 1560 g/mol. The van der Waals surface area contributed by atoms with Gasteiger partial charge in [0.2, 0.25) is 11.8 Å². The zero-order valence-corrected chi connectivity index (χ0v) is 64.6. The Bertz CT molecular complexity index is 5450. The Kier molecular flexibility index (Phi) is 23.4. The first-order valence-electron chi connectivity index (χ1n) is 37.0. The molecular formula is C87H88N8O16S2. The number of hydrogen-bond acceptors (Lipinski definition) is 19. The molecular weight excluding hydrogens is 1480 g/mol. The van der Waals surface area contributed by atoms with Crippen LogP contribution in [0.1, 0.15) is 70.4 Å². The summed E-state index contributed by atoms with van der Waals surface area (Å²) in [5.74, 6) is -2.37. The van der Waals surface area contributed by atoms with Crippen molar-refractivity contribution in [2.45, 2.75) is 123 Å². The molecule has 113 heavy (non-hydrogen) atoms. The molecule has 2 aromatic heterocycles. The molecule has 26 heteroatoms. The van der Waals surface area contributed by atoms with E-state index in [2.05, 4.69) is 38.6 Å². The molecule has 0 spiro atoms. The second kappa shape index (κ2) is 33.4. The van der Waals surface area contributed by atoms with Crippen LogP contribution in [0.2, 0.25) is 0 Å². The van der Waals surface area contributed by atoms with E-state index < -0.39 is 114 Å². The van der Waals surface area contributed by atoms with Gasteiger partial charge in [0.1, 0.15) is 76.6 Å². The number of alkyl carbamates (subject to hydrolysis) is 1. The number of nitrogens with one attached hydrogen (secondary N) is 5. The summed E-state index contributed by atoms with van der Waals surface area (Å²) in [5, 5.41) is 10.1. The minimum absolute atomic E-state index is 0.120. The molecule has 7 N–H and O–H groups in total. The van der Waals surface area contributed by atoms with Crippen molar-refractivity contribution in [3.63, 3.8) is 0 Å². The molecule has 0 radical (unpaired) electrons. The lowest BCUT2D eigenvalue weighted by Crippen LogP contribution is -2.55. The first kappa shape index (κ1) is 79.0. The minimum atomic E-state index is -4.40. The van der Waals surface area contributed by atoms with E-state index in [-0.39, 0.29) is 55.1 Å². The molecule has 10 atom stereocenters. The molecule has 4 saturated carbocycles. The Labute approximate surface area is 655 Å². The smallest absolute Gasteiger partial charge is 0.407 e. The number of nitrogens with two attached hydrogens (primary N) is 1.